The molecule has 1 aromatic rings. The van der Waals surface area contributed by atoms with E-state index in [1.54, 1.807) is 18.3 Å². The van der Waals surface area contributed by atoms with Gasteiger partial charge in [-0.3, -0.25) is 4.79 Å². The molecule has 0 fully saturated rings. The van der Waals surface area contributed by atoms with Crippen LogP contribution in [0.25, 0.3) is 0 Å². The summed E-state index contributed by atoms with van der Waals surface area (Å²) in [5, 5.41) is 12.6. The van der Waals surface area contributed by atoms with E-state index in [0.717, 1.165) is 12.1 Å². The second-order valence-electron chi connectivity index (χ2n) is 5.92. The third kappa shape index (κ3) is 5.42. The second kappa shape index (κ2) is 7.86. The van der Waals surface area contributed by atoms with Crippen LogP contribution in [0.1, 0.15) is 33.3 Å². The van der Waals surface area contributed by atoms with Gasteiger partial charge in [0.15, 0.2) is 0 Å². The van der Waals surface area contributed by atoms with Crippen LogP contribution in [0.3, 0.4) is 0 Å². The molecule has 0 unspecified atom stereocenters. The molecule has 0 aliphatic rings. The zero-order valence-corrected chi connectivity index (χ0v) is 14.2. The predicted octanol–water partition coefficient (Wildman–Crippen LogP) is 3.48. The van der Waals surface area contributed by atoms with Gasteiger partial charge in [-0.1, -0.05) is 23.7 Å². The van der Waals surface area contributed by atoms with E-state index in [4.69, 9.17) is 11.6 Å². The molecule has 1 aromatic carbocycles. The molecule has 0 aliphatic carbocycles. The molecule has 5 heteroatoms. The zero-order valence-electron chi connectivity index (χ0n) is 13.5. The molecule has 0 heterocycles. The largest absolute Gasteiger partial charge is 0.372 e. The number of carbonyl (C=O) groups excluding carboxylic acids is 1. The minimum atomic E-state index is -0.375. The summed E-state index contributed by atoms with van der Waals surface area (Å²) in [6.07, 6.45) is 1.62. The van der Waals surface area contributed by atoms with Crippen molar-refractivity contribution in [1.29, 1.82) is 5.26 Å². The molecule has 0 spiro atoms. The minimum Gasteiger partial charge on any atom is -0.372 e. The highest BCUT2D eigenvalue weighted by atomic mass is 35.5. The first-order valence-electron chi connectivity index (χ1n) is 7.19. The third-order valence-electron chi connectivity index (χ3n) is 3.22. The van der Waals surface area contributed by atoms with Crippen LogP contribution in [0, 0.1) is 11.3 Å². The molecule has 0 atom stereocenters. The molecule has 1 rings (SSSR count). The molecular weight excluding hydrogens is 298 g/mol. The molecule has 0 aliphatic heterocycles. The summed E-state index contributed by atoms with van der Waals surface area (Å²) in [4.78, 5) is 14.1. The Hall–Kier alpha value is -1.99. The summed E-state index contributed by atoms with van der Waals surface area (Å²) in [5.41, 5.74) is 0.886. The number of carbonyl (C=O) groups is 1. The van der Waals surface area contributed by atoms with Gasteiger partial charge in [0, 0.05) is 29.9 Å². The number of amides is 1. The molecule has 0 saturated carbocycles. The van der Waals surface area contributed by atoms with E-state index in [-0.39, 0.29) is 17.0 Å². The number of nitrogens with one attached hydrogen (secondary N) is 1. The molecule has 1 N–H and O–H groups in total. The summed E-state index contributed by atoms with van der Waals surface area (Å²) < 4.78 is 0. The first-order valence-corrected chi connectivity index (χ1v) is 7.57. The molecule has 0 saturated heterocycles. The third-order valence-corrected chi connectivity index (χ3v) is 3.47. The fraction of sp³-hybridized carbons (Fsp3) is 0.412. The van der Waals surface area contributed by atoms with E-state index in [0.29, 0.717) is 11.6 Å². The summed E-state index contributed by atoms with van der Waals surface area (Å²) >= 11 is 5.82. The maximum Gasteiger partial charge on any atom is 0.263 e. The summed E-state index contributed by atoms with van der Waals surface area (Å²) in [7, 11) is 0. The Kier molecular flexibility index (Phi) is 6.45. The number of nitriles is 1. The Bertz CT molecular complexity index is 579. The van der Waals surface area contributed by atoms with Crippen molar-refractivity contribution in [3.63, 3.8) is 0 Å². The monoisotopic (exact) mass is 319 g/mol. The average molecular weight is 320 g/mol. The summed E-state index contributed by atoms with van der Waals surface area (Å²) in [6, 6.07) is 9.18. The Balaban J connectivity index is 2.76. The van der Waals surface area contributed by atoms with Crippen molar-refractivity contribution >= 4 is 17.5 Å². The number of halogens is 1. The smallest absolute Gasteiger partial charge is 0.263 e. The first-order chi connectivity index (χ1) is 10.3. The van der Waals surface area contributed by atoms with E-state index in [1.165, 1.54) is 0 Å². The van der Waals surface area contributed by atoms with Crippen LogP contribution in [0.2, 0.25) is 5.02 Å². The molecule has 0 bridgehead atoms. The van der Waals surface area contributed by atoms with Gasteiger partial charge in [0.25, 0.3) is 5.91 Å². The molecule has 4 nitrogen and oxygen atoms in total. The fourth-order valence-corrected chi connectivity index (χ4v) is 2.06. The Morgan fingerprint density at radius 2 is 1.95 bits per heavy atom. The van der Waals surface area contributed by atoms with Gasteiger partial charge in [-0.25, -0.2) is 0 Å². The SMILES string of the molecule is CCN(/C=C(/C#N)C(=O)NCc1ccc(Cl)cc1)C(C)(C)C. The molecule has 22 heavy (non-hydrogen) atoms. The van der Waals surface area contributed by atoms with E-state index < -0.39 is 0 Å². The normalized spacial score (nSPS) is 11.7. The van der Waals surface area contributed by atoms with Crippen LogP contribution in [-0.4, -0.2) is 22.9 Å². The van der Waals surface area contributed by atoms with Crippen molar-refractivity contribution in [2.75, 3.05) is 6.54 Å². The Morgan fingerprint density at radius 3 is 2.41 bits per heavy atom. The van der Waals surface area contributed by atoms with Gasteiger partial charge in [-0.2, -0.15) is 5.26 Å². The quantitative estimate of drug-likeness (QED) is 0.667. The summed E-state index contributed by atoms with van der Waals surface area (Å²) in [6.45, 7) is 9.17. The molecular formula is C17H22ClN3O. The van der Waals surface area contributed by atoms with Crippen molar-refractivity contribution in [2.45, 2.75) is 39.8 Å². The standard InChI is InChI=1S/C17H22ClN3O/c1-5-21(17(2,3)4)12-14(10-19)16(22)20-11-13-6-8-15(18)9-7-13/h6-9,12H,5,11H2,1-4H3,(H,20,22)/b14-12-. The lowest BCUT2D eigenvalue weighted by atomic mass is 10.1. The number of rotatable bonds is 5. The molecule has 118 valence electrons. The zero-order chi connectivity index (χ0) is 16.8. The Labute approximate surface area is 137 Å². The van der Waals surface area contributed by atoms with Gasteiger partial charge in [0.05, 0.1) is 0 Å². The van der Waals surface area contributed by atoms with Gasteiger partial charge in [0.1, 0.15) is 11.6 Å². The lowest BCUT2D eigenvalue weighted by Gasteiger charge is -2.33. The second-order valence-corrected chi connectivity index (χ2v) is 6.36. The van der Waals surface area contributed by atoms with Crippen molar-refractivity contribution in [1.82, 2.24) is 10.2 Å². The van der Waals surface area contributed by atoms with E-state index in [9.17, 15) is 10.1 Å². The van der Waals surface area contributed by atoms with Gasteiger partial charge >= 0.3 is 0 Å². The highest BCUT2D eigenvalue weighted by Crippen LogP contribution is 2.15. The van der Waals surface area contributed by atoms with Gasteiger partial charge in [-0.15, -0.1) is 0 Å². The molecule has 1 amide bonds. The predicted molar refractivity (Wildman–Crippen MR) is 89.1 cm³/mol. The number of benzene rings is 1. The van der Waals surface area contributed by atoms with Crippen LogP contribution in [-0.2, 0) is 11.3 Å². The van der Waals surface area contributed by atoms with Gasteiger partial charge in [-0.05, 0) is 45.4 Å². The minimum absolute atomic E-state index is 0.103. The average Bonchev–Trinajstić information content (AvgIpc) is 2.46. The van der Waals surface area contributed by atoms with Gasteiger partial charge in [0.2, 0.25) is 0 Å². The molecule has 0 aromatic heterocycles. The first kappa shape index (κ1) is 18.1. The van der Waals surface area contributed by atoms with Crippen molar-refractivity contribution in [3.8, 4) is 6.07 Å². The van der Waals surface area contributed by atoms with Crippen LogP contribution < -0.4 is 5.32 Å². The van der Waals surface area contributed by atoms with E-state index in [1.807, 2.05) is 50.8 Å². The maximum atomic E-state index is 12.1. The highest BCUT2D eigenvalue weighted by Gasteiger charge is 2.19. The van der Waals surface area contributed by atoms with Crippen LogP contribution >= 0.6 is 11.6 Å². The van der Waals surface area contributed by atoms with E-state index in [2.05, 4.69) is 5.32 Å². The number of nitrogens with zero attached hydrogens (tertiary/aromatic N) is 2. The summed E-state index contributed by atoms with van der Waals surface area (Å²) in [5.74, 6) is -0.375. The molecule has 0 radical (unpaired) electrons. The number of hydrogen-bond donors (Lipinski definition) is 1. The Morgan fingerprint density at radius 1 is 1.36 bits per heavy atom. The topological polar surface area (TPSA) is 56.1 Å². The lowest BCUT2D eigenvalue weighted by Crippen LogP contribution is -2.38. The van der Waals surface area contributed by atoms with Crippen LogP contribution in [0.5, 0.6) is 0 Å². The lowest BCUT2D eigenvalue weighted by molar-refractivity contribution is -0.117. The van der Waals surface area contributed by atoms with Crippen molar-refractivity contribution in [3.05, 3.63) is 46.6 Å². The number of hydrogen-bond acceptors (Lipinski definition) is 3. The van der Waals surface area contributed by atoms with Crippen LogP contribution in [0.15, 0.2) is 36.0 Å². The van der Waals surface area contributed by atoms with Gasteiger partial charge < -0.3 is 10.2 Å². The highest BCUT2D eigenvalue weighted by molar-refractivity contribution is 6.30. The fourth-order valence-electron chi connectivity index (χ4n) is 1.93. The van der Waals surface area contributed by atoms with Crippen LogP contribution in [0.4, 0.5) is 0 Å². The van der Waals surface area contributed by atoms with Crippen molar-refractivity contribution in [2.24, 2.45) is 0 Å². The van der Waals surface area contributed by atoms with E-state index >= 15 is 0 Å². The maximum absolute atomic E-state index is 12.1. The van der Waals surface area contributed by atoms with Crippen molar-refractivity contribution < 1.29 is 4.79 Å².